The van der Waals surface area contributed by atoms with Crippen molar-refractivity contribution in [1.82, 2.24) is 5.32 Å². The molecule has 1 atom stereocenters. The summed E-state index contributed by atoms with van der Waals surface area (Å²) in [5.74, 6) is 1.46. The Morgan fingerprint density at radius 3 is 2.80 bits per heavy atom. The minimum absolute atomic E-state index is 0.0652. The fourth-order valence-electron chi connectivity index (χ4n) is 3.15. The lowest BCUT2D eigenvalue weighted by atomic mass is 9.89. The van der Waals surface area contributed by atoms with Crippen LogP contribution in [0.15, 0.2) is 42.5 Å². The number of nitrogens with one attached hydrogen (secondary N) is 1. The van der Waals surface area contributed by atoms with E-state index in [1.807, 2.05) is 50.2 Å². The van der Waals surface area contributed by atoms with Gasteiger partial charge in [-0.2, -0.15) is 0 Å². The van der Waals surface area contributed by atoms with Crippen LogP contribution in [0.5, 0.6) is 11.5 Å². The lowest BCUT2D eigenvalue weighted by Crippen LogP contribution is -2.41. The molecule has 1 N–H and O–H groups in total. The molecule has 5 heteroatoms. The van der Waals surface area contributed by atoms with Crippen molar-refractivity contribution in [3.8, 4) is 11.5 Å². The Balaban J connectivity index is 1.82. The molecule has 0 aliphatic carbocycles. The van der Waals surface area contributed by atoms with Crippen LogP contribution in [-0.4, -0.2) is 18.6 Å². The first-order chi connectivity index (χ1) is 11.9. The van der Waals surface area contributed by atoms with Gasteiger partial charge < -0.3 is 14.8 Å². The van der Waals surface area contributed by atoms with Gasteiger partial charge in [-0.3, -0.25) is 4.79 Å². The first kappa shape index (κ1) is 17.6. The molecule has 2 aromatic carbocycles. The summed E-state index contributed by atoms with van der Waals surface area (Å²) >= 11 is 6.16. The molecule has 132 valence electrons. The van der Waals surface area contributed by atoms with E-state index in [4.69, 9.17) is 21.1 Å². The highest BCUT2D eigenvalue weighted by Gasteiger charge is 2.34. The van der Waals surface area contributed by atoms with Crippen molar-refractivity contribution in [2.45, 2.75) is 38.3 Å². The molecule has 0 bridgehead atoms. The number of methoxy groups -OCH3 is 1. The average Bonchev–Trinajstić information content (AvgIpc) is 2.55. The van der Waals surface area contributed by atoms with E-state index >= 15 is 0 Å². The van der Waals surface area contributed by atoms with Gasteiger partial charge in [0.1, 0.15) is 17.1 Å². The van der Waals surface area contributed by atoms with Crippen molar-refractivity contribution in [2.75, 3.05) is 7.11 Å². The summed E-state index contributed by atoms with van der Waals surface area (Å²) in [6, 6.07) is 12.9. The number of hydrogen-bond acceptors (Lipinski definition) is 3. The summed E-state index contributed by atoms with van der Waals surface area (Å²) in [4.78, 5) is 12.6. The normalized spacial score (nSPS) is 18.0. The summed E-state index contributed by atoms with van der Waals surface area (Å²) in [5.41, 5.74) is 1.40. The minimum atomic E-state index is -0.357. The van der Waals surface area contributed by atoms with Gasteiger partial charge in [0, 0.05) is 17.0 Å². The SMILES string of the molecule is COc1ccc2c(c1)[C@H](NC(=O)Cc1ccccc1Cl)CC(C)(C)O2. The molecule has 1 heterocycles. The van der Waals surface area contributed by atoms with E-state index in [-0.39, 0.29) is 24.0 Å². The third-order valence-corrected chi connectivity index (χ3v) is 4.69. The Morgan fingerprint density at radius 2 is 2.08 bits per heavy atom. The molecule has 0 radical (unpaired) electrons. The maximum Gasteiger partial charge on any atom is 0.224 e. The lowest BCUT2D eigenvalue weighted by Gasteiger charge is -2.38. The van der Waals surface area contributed by atoms with E-state index in [1.165, 1.54) is 0 Å². The highest BCUT2D eigenvalue weighted by atomic mass is 35.5. The molecule has 0 saturated heterocycles. The third-order valence-electron chi connectivity index (χ3n) is 4.32. The van der Waals surface area contributed by atoms with Crippen LogP contribution in [0.1, 0.15) is 37.4 Å². The molecule has 1 aliphatic heterocycles. The van der Waals surface area contributed by atoms with Gasteiger partial charge in [-0.1, -0.05) is 29.8 Å². The number of benzene rings is 2. The predicted octanol–water partition coefficient (Wildman–Crippen LogP) is 4.31. The molecule has 0 spiro atoms. The van der Waals surface area contributed by atoms with Gasteiger partial charge in [0.25, 0.3) is 0 Å². The van der Waals surface area contributed by atoms with E-state index < -0.39 is 0 Å². The van der Waals surface area contributed by atoms with Crippen LogP contribution in [0.3, 0.4) is 0 Å². The van der Waals surface area contributed by atoms with Crippen LogP contribution in [0.25, 0.3) is 0 Å². The number of carbonyl (C=O) groups is 1. The smallest absolute Gasteiger partial charge is 0.224 e. The second-order valence-corrected chi connectivity index (χ2v) is 7.27. The van der Waals surface area contributed by atoms with Crippen molar-refractivity contribution in [3.05, 3.63) is 58.6 Å². The molecule has 0 fully saturated rings. The van der Waals surface area contributed by atoms with Gasteiger partial charge in [-0.05, 0) is 43.7 Å². The number of carbonyl (C=O) groups excluding carboxylic acids is 1. The molecule has 1 aliphatic rings. The number of hydrogen-bond donors (Lipinski definition) is 1. The highest BCUT2D eigenvalue weighted by Crippen LogP contribution is 2.41. The van der Waals surface area contributed by atoms with E-state index in [9.17, 15) is 4.79 Å². The zero-order valence-corrected chi connectivity index (χ0v) is 15.4. The fourth-order valence-corrected chi connectivity index (χ4v) is 3.35. The summed E-state index contributed by atoms with van der Waals surface area (Å²) in [7, 11) is 1.63. The van der Waals surface area contributed by atoms with Gasteiger partial charge in [0.05, 0.1) is 19.6 Å². The summed E-state index contributed by atoms with van der Waals surface area (Å²) in [6.07, 6.45) is 0.929. The van der Waals surface area contributed by atoms with Crippen LogP contribution < -0.4 is 14.8 Å². The molecule has 1 amide bonds. The quantitative estimate of drug-likeness (QED) is 0.884. The Kier molecular flexibility index (Phi) is 4.91. The Hall–Kier alpha value is -2.20. The minimum Gasteiger partial charge on any atom is -0.497 e. The molecule has 0 saturated carbocycles. The van der Waals surface area contributed by atoms with E-state index in [2.05, 4.69) is 5.32 Å². The zero-order valence-electron chi connectivity index (χ0n) is 14.6. The third kappa shape index (κ3) is 4.07. The average molecular weight is 360 g/mol. The molecular formula is C20H22ClNO3. The van der Waals surface area contributed by atoms with Gasteiger partial charge in [0.2, 0.25) is 5.91 Å². The maximum atomic E-state index is 12.6. The Bertz CT molecular complexity index is 788. The van der Waals surface area contributed by atoms with Gasteiger partial charge in [-0.15, -0.1) is 0 Å². The number of amides is 1. The summed E-state index contributed by atoms with van der Waals surface area (Å²) in [6.45, 7) is 4.04. The van der Waals surface area contributed by atoms with Crippen molar-refractivity contribution >= 4 is 17.5 Å². The lowest BCUT2D eigenvalue weighted by molar-refractivity contribution is -0.121. The van der Waals surface area contributed by atoms with Crippen molar-refractivity contribution in [3.63, 3.8) is 0 Å². The van der Waals surface area contributed by atoms with Crippen LogP contribution >= 0.6 is 11.6 Å². The van der Waals surface area contributed by atoms with Gasteiger partial charge >= 0.3 is 0 Å². The van der Waals surface area contributed by atoms with Crippen LogP contribution in [0.4, 0.5) is 0 Å². The molecule has 25 heavy (non-hydrogen) atoms. The monoisotopic (exact) mass is 359 g/mol. The van der Waals surface area contributed by atoms with Crippen LogP contribution in [-0.2, 0) is 11.2 Å². The molecule has 0 aromatic heterocycles. The van der Waals surface area contributed by atoms with E-state index in [1.54, 1.807) is 13.2 Å². The van der Waals surface area contributed by atoms with E-state index in [0.29, 0.717) is 11.4 Å². The van der Waals surface area contributed by atoms with Crippen molar-refractivity contribution in [2.24, 2.45) is 0 Å². The molecule has 2 aromatic rings. The summed E-state index contributed by atoms with van der Waals surface area (Å²) in [5, 5.41) is 3.73. The molecule has 0 unspecified atom stereocenters. The standard InChI is InChI=1S/C20H22ClNO3/c1-20(2)12-17(15-11-14(24-3)8-9-18(15)25-20)22-19(23)10-13-6-4-5-7-16(13)21/h4-9,11,17H,10,12H2,1-3H3,(H,22,23)/t17-/m1/s1. The fraction of sp³-hybridized carbons (Fsp3) is 0.350. The van der Waals surface area contributed by atoms with Crippen LogP contribution in [0.2, 0.25) is 5.02 Å². The highest BCUT2D eigenvalue weighted by molar-refractivity contribution is 6.31. The number of halogens is 1. The number of ether oxygens (including phenoxy) is 2. The number of fused-ring (bicyclic) bond motifs is 1. The molecule has 3 rings (SSSR count). The maximum absolute atomic E-state index is 12.6. The Labute approximate surface area is 153 Å². The first-order valence-electron chi connectivity index (χ1n) is 8.28. The van der Waals surface area contributed by atoms with Gasteiger partial charge in [-0.25, -0.2) is 0 Å². The predicted molar refractivity (Wildman–Crippen MR) is 98.4 cm³/mol. The molecule has 4 nitrogen and oxygen atoms in total. The Morgan fingerprint density at radius 1 is 1.32 bits per heavy atom. The zero-order chi connectivity index (χ0) is 18.0. The number of rotatable bonds is 4. The second-order valence-electron chi connectivity index (χ2n) is 6.86. The topological polar surface area (TPSA) is 47.6 Å². The largest absolute Gasteiger partial charge is 0.497 e. The van der Waals surface area contributed by atoms with Crippen LogP contribution in [0, 0.1) is 0 Å². The van der Waals surface area contributed by atoms with Crippen molar-refractivity contribution in [1.29, 1.82) is 0 Å². The van der Waals surface area contributed by atoms with Gasteiger partial charge in [0.15, 0.2) is 0 Å². The van der Waals surface area contributed by atoms with E-state index in [0.717, 1.165) is 22.6 Å². The summed E-state index contributed by atoms with van der Waals surface area (Å²) < 4.78 is 11.4. The molecular weight excluding hydrogens is 338 g/mol. The first-order valence-corrected chi connectivity index (χ1v) is 8.65. The van der Waals surface area contributed by atoms with Crippen molar-refractivity contribution < 1.29 is 14.3 Å². The second kappa shape index (κ2) is 6.96.